The van der Waals surface area contributed by atoms with E-state index in [4.69, 9.17) is 0 Å². The molecule has 1 saturated carbocycles. The fraction of sp³-hybridized carbons (Fsp3) is 0.478. The third-order valence-electron chi connectivity index (χ3n) is 5.74. The first-order chi connectivity index (χ1) is 14.4. The van der Waals surface area contributed by atoms with E-state index < -0.39 is 11.7 Å². The second-order valence-corrected chi connectivity index (χ2v) is 7.95. The Bertz CT molecular complexity index is 803. The van der Waals surface area contributed by atoms with Gasteiger partial charge in [-0.3, -0.25) is 4.98 Å². The Morgan fingerprint density at radius 1 is 1.07 bits per heavy atom. The summed E-state index contributed by atoms with van der Waals surface area (Å²) in [6.07, 6.45) is 5.04. The van der Waals surface area contributed by atoms with E-state index in [0.29, 0.717) is 24.4 Å². The third-order valence-corrected chi connectivity index (χ3v) is 5.74. The van der Waals surface area contributed by atoms with Gasteiger partial charge in [-0.25, -0.2) is 4.79 Å². The van der Waals surface area contributed by atoms with Gasteiger partial charge in [0.15, 0.2) is 0 Å². The molecule has 1 aliphatic rings. The maximum atomic E-state index is 13.1. The maximum absolute atomic E-state index is 13.1. The summed E-state index contributed by atoms with van der Waals surface area (Å²) in [5, 5.41) is 5.87. The second kappa shape index (κ2) is 10.5. The Kier molecular flexibility index (Phi) is 7.71. The standard InChI is InChI=1S/C23H28F3N3O/c24-23(25,26)21-9-2-1-7-19(21)8-3-5-17-10-12-20(13-11-17)29-22(30)28-16-18-6-4-14-27-15-18/h1-2,4,6-7,9,14-15,17,20H,3,5,8,10-13,16H2,(H2,28,29,30). The van der Waals surface area contributed by atoms with Gasteiger partial charge >= 0.3 is 12.2 Å². The number of halogens is 3. The van der Waals surface area contributed by atoms with Crippen LogP contribution >= 0.6 is 0 Å². The van der Waals surface area contributed by atoms with Crippen LogP contribution in [-0.2, 0) is 19.1 Å². The fourth-order valence-corrected chi connectivity index (χ4v) is 4.11. The molecule has 30 heavy (non-hydrogen) atoms. The van der Waals surface area contributed by atoms with Crippen molar-refractivity contribution in [2.45, 2.75) is 63.7 Å². The smallest absolute Gasteiger partial charge is 0.335 e. The van der Waals surface area contributed by atoms with Gasteiger partial charge in [0.05, 0.1) is 5.56 Å². The van der Waals surface area contributed by atoms with Crippen LogP contribution < -0.4 is 10.6 Å². The molecular weight excluding hydrogens is 391 g/mol. The van der Waals surface area contributed by atoms with E-state index in [-0.39, 0.29) is 12.1 Å². The quantitative estimate of drug-likeness (QED) is 0.624. The summed E-state index contributed by atoms with van der Waals surface area (Å²) >= 11 is 0. The lowest BCUT2D eigenvalue weighted by Crippen LogP contribution is -2.43. The van der Waals surface area contributed by atoms with Gasteiger partial charge in [-0.15, -0.1) is 0 Å². The van der Waals surface area contributed by atoms with E-state index in [0.717, 1.165) is 50.2 Å². The Labute approximate surface area is 175 Å². The van der Waals surface area contributed by atoms with Crippen molar-refractivity contribution in [3.05, 3.63) is 65.5 Å². The summed E-state index contributed by atoms with van der Waals surface area (Å²) in [6, 6.07) is 9.56. The van der Waals surface area contributed by atoms with Crippen LogP contribution in [0, 0.1) is 5.92 Å². The Morgan fingerprint density at radius 3 is 2.53 bits per heavy atom. The van der Waals surface area contributed by atoms with Gasteiger partial charge in [0.1, 0.15) is 0 Å². The summed E-state index contributed by atoms with van der Waals surface area (Å²) in [4.78, 5) is 16.1. The van der Waals surface area contributed by atoms with Gasteiger partial charge < -0.3 is 10.6 Å². The van der Waals surface area contributed by atoms with E-state index in [1.165, 1.54) is 6.07 Å². The molecule has 1 aliphatic carbocycles. The monoisotopic (exact) mass is 419 g/mol. The number of hydrogen-bond donors (Lipinski definition) is 2. The van der Waals surface area contributed by atoms with Crippen LogP contribution in [-0.4, -0.2) is 17.1 Å². The SMILES string of the molecule is O=C(NCc1cccnc1)NC1CCC(CCCc2ccccc2C(F)(F)F)CC1. The molecule has 0 unspecified atom stereocenters. The van der Waals surface area contributed by atoms with E-state index in [2.05, 4.69) is 15.6 Å². The normalized spacial score (nSPS) is 19.3. The molecule has 0 aliphatic heterocycles. The van der Waals surface area contributed by atoms with E-state index in [9.17, 15) is 18.0 Å². The molecule has 7 heteroatoms. The van der Waals surface area contributed by atoms with Gasteiger partial charge in [-0.1, -0.05) is 30.7 Å². The van der Waals surface area contributed by atoms with Crippen LogP contribution in [0.1, 0.15) is 55.2 Å². The highest BCUT2D eigenvalue weighted by atomic mass is 19.4. The van der Waals surface area contributed by atoms with Crippen molar-refractivity contribution < 1.29 is 18.0 Å². The van der Waals surface area contributed by atoms with Gasteiger partial charge in [0.25, 0.3) is 0 Å². The minimum Gasteiger partial charge on any atom is -0.335 e. The number of aromatic nitrogens is 1. The number of hydrogen-bond acceptors (Lipinski definition) is 2. The lowest BCUT2D eigenvalue weighted by atomic mass is 9.82. The number of pyridine rings is 1. The summed E-state index contributed by atoms with van der Waals surface area (Å²) in [5.41, 5.74) is 0.810. The predicted octanol–water partition coefficient (Wildman–Crippen LogP) is 5.48. The third kappa shape index (κ3) is 6.75. The molecule has 0 saturated heterocycles. The average Bonchev–Trinajstić information content (AvgIpc) is 2.74. The molecule has 2 aromatic rings. The average molecular weight is 419 g/mol. The van der Waals surface area contributed by atoms with Gasteiger partial charge in [0.2, 0.25) is 0 Å². The molecule has 0 atom stereocenters. The zero-order valence-electron chi connectivity index (χ0n) is 16.9. The number of nitrogens with zero attached hydrogens (tertiary/aromatic N) is 1. The molecule has 0 spiro atoms. The number of carbonyl (C=O) groups excluding carboxylic acids is 1. The maximum Gasteiger partial charge on any atom is 0.416 e. The van der Waals surface area contributed by atoms with Crippen molar-refractivity contribution >= 4 is 6.03 Å². The number of carbonyl (C=O) groups is 1. The summed E-state index contributed by atoms with van der Waals surface area (Å²) in [5.74, 6) is 0.513. The minimum atomic E-state index is -4.29. The number of nitrogens with one attached hydrogen (secondary N) is 2. The molecule has 1 aromatic heterocycles. The highest BCUT2D eigenvalue weighted by Gasteiger charge is 2.32. The van der Waals surface area contributed by atoms with Crippen LogP contribution in [0.25, 0.3) is 0 Å². The summed E-state index contributed by atoms with van der Waals surface area (Å²) in [7, 11) is 0. The molecular formula is C23H28F3N3O. The lowest BCUT2D eigenvalue weighted by molar-refractivity contribution is -0.138. The number of amides is 2. The first-order valence-corrected chi connectivity index (χ1v) is 10.5. The van der Waals surface area contributed by atoms with Crippen molar-refractivity contribution in [1.82, 2.24) is 15.6 Å². The van der Waals surface area contributed by atoms with Crippen LogP contribution in [0.15, 0.2) is 48.8 Å². The zero-order chi connectivity index (χ0) is 21.4. The van der Waals surface area contributed by atoms with Crippen molar-refractivity contribution in [2.75, 3.05) is 0 Å². The zero-order valence-corrected chi connectivity index (χ0v) is 16.9. The molecule has 3 rings (SSSR count). The highest BCUT2D eigenvalue weighted by molar-refractivity contribution is 5.74. The fourth-order valence-electron chi connectivity index (χ4n) is 4.11. The molecule has 4 nitrogen and oxygen atoms in total. The van der Waals surface area contributed by atoms with Crippen LogP contribution in [0.2, 0.25) is 0 Å². The van der Waals surface area contributed by atoms with Gasteiger partial charge in [-0.2, -0.15) is 13.2 Å². The van der Waals surface area contributed by atoms with Crippen LogP contribution in [0.4, 0.5) is 18.0 Å². The van der Waals surface area contributed by atoms with Crippen molar-refractivity contribution in [3.8, 4) is 0 Å². The Balaban J connectivity index is 1.35. The topological polar surface area (TPSA) is 54.0 Å². The first kappa shape index (κ1) is 22.1. The first-order valence-electron chi connectivity index (χ1n) is 10.5. The molecule has 0 bridgehead atoms. The molecule has 2 N–H and O–H groups in total. The Hall–Kier alpha value is -2.57. The van der Waals surface area contributed by atoms with Crippen molar-refractivity contribution in [3.63, 3.8) is 0 Å². The van der Waals surface area contributed by atoms with Gasteiger partial charge in [-0.05, 0) is 67.7 Å². The van der Waals surface area contributed by atoms with Crippen LogP contribution in [0.5, 0.6) is 0 Å². The predicted molar refractivity (Wildman–Crippen MR) is 110 cm³/mol. The van der Waals surface area contributed by atoms with E-state index in [1.807, 2.05) is 12.1 Å². The van der Waals surface area contributed by atoms with E-state index in [1.54, 1.807) is 24.5 Å². The van der Waals surface area contributed by atoms with Crippen LogP contribution in [0.3, 0.4) is 0 Å². The molecule has 162 valence electrons. The van der Waals surface area contributed by atoms with Crippen molar-refractivity contribution in [2.24, 2.45) is 5.92 Å². The Morgan fingerprint density at radius 2 is 1.83 bits per heavy atom. The number of urea groups is 1. The van der Waals surface area contributed by atoms with Gasteiger partial charge in [0, 0.05) is 25.0 Å². The molecule has 0 radical (unpaired) electrons. The molecule has 2 amide bonds. The number of alkyl halides is 3. The molecule has 1 fully saturated rings. The van der Waals surface area contributed by atoms with Crippen molar-refractivity contribution in [1.29, 1.82) is 0 Å². The van der Waals surface area contributed by atoms with E-state index >= 15 is 0 Å². The highest BCUT2D eigenvalue weighted by Crippen LogP contribution is 2.33. The second-order valence-electron chi connectivity index (χ2n) is 7.95. The number of rotatable bonds is 7. The number of benzene rings is 1. The largest absolute Gasteiger partial charge is 0.416 e. The summed E-state index contributed by atoms with van der Waals surface area (Å²) < 4.78 is 39.3. The molecule has 1 aromatic carbocycles. The minimum absolute atomic E-state index is 0.154. The molecule has 1 heterocycles. The summed E-state index contributed by atoms with van der Waals surface area (Å²) in [6.45, 7) is 0.439. The number of aryl methyl sites for hydroxylation is 1. The lowest BCUT2D eigenvalue weighted by Gasteiger charge is -2.29.